The van der Waals surface area contributed by atoms with Crippen molar-refractivity contribution in [1.82, 2.24) is 16.0 Å². The molecule has 0 aliphatic heterocycles. The summed E-state index contributed by atoms with van der Waals surface area (Å²) in [4.78, 5) is 33.3. The third kappa shape index (κ3) is 7.53. The smallest absolute Gasteiger partial charge is 0.322 e. The second-order valence-corrected chi connectivity index (χ2v) is 3.43. The van der Waals surface area contributed by atoms with Crippen molar-refractivity contribution in [3.63, 3.8) is 0 Å². The van der Waals surface area contributed by atoms with E-state index in [0.717, 1.165) is 0 Å². The molecule has 0 aromatic carbocycles. The van der Waals surface area contributed by atoms with Crippen LogP contribution in [0.15, 0.2) is 0 Å². The first kappa shape index (κ1) is 15.7. The van der Waals surface area contributed by atoms with Crippen LogP contribution in [0.4, 0.5) is 4.79 Å². The lowest BCUT2D eigenvalue weighted by atomic mass is 10.3. The van der Waals surface area contributed by atoms with E-state index in [9.17, 15) is 14.4 Å². The van der Waals surface area contributed by atoms with Crippen LogP contribution in [0, 0.1) is 0 Å². The molecule has 0 saturated carbocycles. The van der Waals surface area contributed by atoms with E-state index in [1.807, 2.05) is 5.32 Å². The first-order chi connectivity index (χ1) is 8.01. The highest BCUT2D eigenvalue weighted by Crippen LogP contribution is 1.83. The fraction of sp³-hybridized carbons (Fsp3) is 0.667. The van der Waals surface area contributed by atoms with Crippen LogP contribution in [0.5, 0.6) is 0 Å². The van der Waals surface area contributed by atoms with Crippen LogP contribution in [-0.4, -0.2) is 50.0 Å². The van der Waals surface area contributed by atoms with Gasteiger partial charge in [0.05, 0.1) is 6.61 Å². The Bertz CT molecular complexity index is 285. The van der Waals surface area contributed by atoms with E-state index >= 15 is 0 Å². The van der Waals surface area contributed by atoms with E-state index in [4.69, 9.17) is 16.3 Å². The zero-order valence-electron chi connectivity index (χ0n) is 9.71. The molecule has 1 atom stereocenters. The fourth-order valence-electron chi connectivity index (χ4n) is 0.888. The minimum atomic E-state index is -0.759. The molecule has 0 fully saturated rings. The number of imide groups is 1. The minimum Gasteiger partial charge on any atom is -0.383 e. The molecule has 0 aliphatic carbocycles. The first-order valence-corrected chi connectivity index (χ1v) is 5.47. The molecule has 17 heavy (non-hydrogen) atoms. The Morgan fingerprint density at radius 2 is 2.00 bits per heavy atom. The van der Waals surface area contributed by atoms with Gasteiger partial charge in [-0.3, -0.25) is 14.9 Å². The molecule has 4 amide bonds. The van der Waals surface area contributed by atoms with Crippen molar-refractivity contribution >= 4 is 29.4 Å². The van der Waals surface area contributed by atoms with E-state index < -0.39 is 18.0 Å². The average Bonchev–Trinajstić information content (AvgIpc) is 2.28. The number of carbonyl (C=O) groups excluding carboxylic acids is 3. The van der Waals surface area contributed by atoms with Crippen molar-refractivity contribution in [2.45, 2.75) is 13.0 Å². The summed E-state index contributed by atoms with van der Waals surface area (Å²) >= 11 is 5.19. The molecule has 0 saturated heterocycles. The van der Waals surface area contributed by atoms with E-state index in [-0.39, 0.29) is 11.8 Å². The van der Waals surface area contributed by atoms with Crippen LogP contribution >= 0.6 is 11.6 Å². The number of rotatable bonds is 6. The molecule has 0 aliphatic rings. The fourth-order valence-corrected chi connectivity index (χ4v) is 0.955. The van der Waals surface area contributed by atoms with Gasteiger partial charge in [-0.1, -0.05) is 0 Å². The quantitative estimate of drug-likeness (QED) is 0.433. The summed E-state index contributed by atoms with van der Waals surface area (Å²) in [5, 5.41) is 6.79. The van der Waals surface area contributed by atoms with Crippen molar-refractivity contribution in [2.24, 2.45) is 0 Å². The van der Waals surface area contributed by atoms with Crippen molar-refractivity contribution < 1.29 is 19.1 Å². The molecule has 0 heterocycles. The molecule has 0 radical (unpaired) electrons. The second-order valence-electron chi connectivity index (χ2n) is 3.16. The molecule has 0 aromatic rings. The van der Waals surface area contributed by atoms with Gasteiger partial charge in [0, 0.05) is 13.7 Å². The number of hydrogen-bond donors (Lipinski definition) is 3. The third-order valence-electron chi connectivity index (χ3n) is 1.72. The van der Waals surface area contributed by atoms with Crippen LogP contribution < -0.4 is 16.0 Å². The number of urea groups is 1. The zero-order chi connectivity index (χ0) is 13.3. The highest BCUT2D eigenvalue weighted by atomic mass is 35.5. The summed E-state index contributed by atoms with van der Waals surface area (Å²) in [5.41, 5.74) is 0. The monoisotopic (exact) mass is 265 g/mol. The number of hydrogen-bond acceptors (Lipinski definition) is 4. The summed E-state index contributed by atoms with van der Waals surface area (Å²) in [6.07, 6.45) is 0. The average molecular weight is 266 g/mol. The zero-order valence-corrected chi connectivity index (χ0v) is 10.5. The topological polar surface area (TPSA) is 96.5 Å². The number of nitrogens with one attached hydrogen (secondary N) is 3. The van der Waals surface area contributed by atoms with Crippen molar-refractivity contribution in [3.8, 4) is 0 Å². The Morgan fingerprint density at radius 1 is 1.35 bits per heavy atom. The Morgan fingerprint density at radius 3 is 2.53 bits per heavy atom. The van der Waals surface area contributed by atoms with Crippen LogP contribution in [0.3, 0.4) is 0 Å². The molecular formula is C9H16ClN3O4. The summed E-state index contributed by atoms with van der Waals surface area (Å²) in [7, 11) is 1.51. The number of carbonyl (C=O) groups is 3. The van der Waals surface area contributed by atoms with Gasteiger partial charge in [-0.25, -0.2) is 4.79 Å². The van der Waals surface area contributed by atoms with Gasteiger partial charge in [0.15, 0.2) is 0 Å². The molecule has 0 aromatic heterocycles. The molecule has 1 unspecified atom stereocenters. The number of ether oxygens (including phenoxy) is 1. The highest BCUT2D eigenvalue weighted by molar-refractivity contribution is 6.28. The lowest BCUT2D eigenvalue weighted by molar-refractivity contribution is -0.123. The lowest BCUT2D eigenvalue weighted by Crippen LogP contribution is -2.50. The number of halogens is 1. The maximum absolute atomic E-state index is 11.4. The van der Waals surface area contributed by atoms with Gasteiger partial charge in [-0.2, -0.15) is 0 Å². The largest absolute Gasteiger partial charge is 0.383 e. The number of methoxy groups -OCH3 is 1. The van der Waals surface area contributed by atoms with Gasteiger partial charge < -0.3 is 15.4 Å². The molecule has 98 valence electrons. The highest BCUT2D eigenvalue weighted by Gasteiger charge is 2.15. The lowest BCUT2D eigenvalue weighted by Gasteiger charge is -2.13. The van der Waals surface area contributed by atoms with Crippen molar-refractivity contribution in [1.29, 1.82) is 0 Å². The van der Waals surface area contributed by atoms with Gasteiger partial charge in [0.25, 0.3) is 0 Å². The van der Waals surface area contributed by atoms with E-state index in [1.165, 1.54) is 14.0 Å². The van der Waals surface area contributed by atoms with Crippen LogP contribution in [-0.2, 0) is 14.3 Å². The van der Waals surface area contributed by atoms with Gasteiger partial charge >= 0.3 is 6.03 Å². The Kier molecular flexibility index (Phi) is 8.08. The maximum atomic E-state index is 11.4. The van der Waals surface area contributed by atoms with Crippen LogP contribution in [0.25, 0.3) is 0 Å². The van der Waals surface area contributed by atoms with Crippen molar-refractivity contribution in [3.05, 3.63) is 0 Å². The first-order valence-electron chi connectivity index (χ1n) is 4.94. The predicted molar refractivity (Wildman–Crippen MR) is 61.7 cm³/mol. The number of amides is 4. The summed E-state index contributed by atoms with van der Waals surface area (Å²) < 4.78 is 4.75. The molecule has 7 nitrogen and oxygen atoms in total. The van der Waals surface area contributed by atoms with Crippen molar-refractivity contribution in [2.75, 3.05) is 26.1 Å². The summed E-state index contributed by atoms with van der Waals surface area (Å²) in [6.45, 7) is 2.23. The van der Waals surface area contributed by atoms with Crippen LogP contribution in [0.2, 0.25) is 0 Å². The normalized spacial score (nSPS) is 11.5. The molecule has 3 N–H and O–H groups in total. The molecule has 0 spiro atoms. The molecule has 8 heteroatoms. The standard InChI is InChI=1S/C9H16ClN3O4/c1-6(8(15)11-3-4-17-2)12-9(16)13-7(14)5-10/h6H,3-5H2,1-2H3,(H,11,15)(H2,12,13,14,16). The van der Waals surface area contributed by atoms with Gasteiger partial charge in [0.1, 0.15) is 11.9 Å². The second kappa shape index (κ2) is 8.77. The molecule has 0 bridgehead atoms. The summed E-state index contributed by atoms with van der Waals surface area (Å²) in [6, 6.07) is -1.51. The van der Waals surface area contributed by atoms with Gasteiger partial charge in [0.2, 0.25) is 11.8 Å². The molecular weight excluding hydrogens is 250 g/mol. The van der Waals surface area contributed by atoms with Crippen LogP contribution in [0.1, 0.15) is 6.92 Å². The number of alkyl halides is 1. The Labute approximate surface area is 104 Å². The SMILES string of the molecule is COCCNC(=O)C(C)NC(=O)NC(=O)CCl. The van der Waals surface area contributed by atoms with E-state index in [2.05, 4.69) is 10.6 Å². The Hall–Kier alpha value is -1.34. The van der Waals surface area contributed by atoms with Gasteiger partial charge in [-0.05, 0) is 6.92 Å². The Balaban J connectivity index is 3.90. The summed E-state index contributed by atoms with van der Waals surface area (Å²) in [5.74, 6) is -1.31. The third-order valence-corrected chi connectivity index (χ3v) is 1.96. The molecule has 0 rings (SSSR count). The van der Waals surface area contributed by atoms with Gasteiger partial charge in [-0.15, -0.1) is 11.6 Å². The van der Waals surface area contributed by atoms with E-state index in [0.29, 0.717) is 13.2 Å². The predicted octanol–water partition coefficient (Wildman–Crippen LogP) is -0.798. The van der Waals surface area contributed by atoms with E-state index in [1.54, 1.807) is 0 Å². The maximum Gasteiger partial charge on any atom is 0.322 e. The minimum absolute atomic E-state index is 0.318.